The molecule has 1 unspecified atom stereocenters. The van der Waals surface area contributed by atoms with Gasteiger partial charge in [0.15, 0.2) is 5.65 Å². The monoisotopic (exact) mass is 445 g/mol. The molecule has 5 rings (SSSR count). The van der Waals surface area contributed by atoms with Gasteiger partial charge in [0.2, 0.25) is 0 Å². The molecule has 3 heterocycles. The van der Waals surface area contributed by atoms with E-state index in [4.69, 9.17) is 17.3 Å². The number of fused-ring (bicyclic) bond motifs is 2. The summed E-state index contributed by atoms with van der Waals surface area (Å²) in [4.78, 5) is 17.4. The predicted molar refractivity (Wildman–Crippen MR) is 124 cm³/mol. The summed E-state index contributed by atoms with van der Waals surface area (Å²) in [5.41, 5.74) is 11.2. The Bertz CT molecular complexity index is 1440. The normalized spacial score (nSPS) is 12.3. The molecule has 32 heavy (non-hydrogen) atoms. The van der Waals surface area contributed by atoms with Crippen molar-refractivity contribution in [3.8, 4) is 11.1 Å². The van der Waals surface area contributed by atoms with E-state index in [1.54, 1.807) is 23.0 Å². The first-order chi connectivity index (χ1) is 15.6. The number of aromatic amines is 1. The highest BCUT2D eigenvalue weighted by Gasteiger charge is 2.25. The van der Waals surface area contributed by atoms with Crippen LogP contribution in [0.5, 0.6) is 0 Å². The van der Waals surface area contributed by atoms with Crippen LogP contribution in [0, 0.1) is 6.92 Å². The van der Waals surface area contributed by atoms with Crippen molar-refractivity contribution in [1.29, 1.82) is 0 Å². The lowest BCUT2D eigenvalue weighted by Crippen LogP contribution is -2.33. The van der Waals surface area contributed by atoms with Crippen molar-refractivity contribution in [3.63, 3.8) is 0 Å². The lowest BCUT2D eigenvalue weighted by atomic mass is 9.92. The average Bonchev–Trinajstić information content (AvgIpc) is 3.42. The smallest absolute Gasteiger partial charge is 0.257 e. The van der Waals surface area contributed by atoms with Crippen LogP contribution in [0.25, 0.3) is 27.7 Å². The van der Waals surface area contributed by atoms with E-state index in [9.17, 15) is 4.79 Å². The highest BCUT2D eigenvalue weighted by Crippen LogP contribution is 2.39. The van der Waals surface area contributed by atoms with Gasteiger partial charge in [-0.15, -0.1) is 0 Å². The van der Waals surface area contributed by atoms with E-state index in [0.717, 1.165) is 33.3 Å². The summed E-state index contributed by atoms with van der Waals surface area (Å²) >= 11 is 6.65. The van der Waals surface area contributed by atoms with Gasteiger partial charge in [-0.2, -0.15) is 10.2 Å². The Morgan fingerprint density at radius 1 is 1.28 bits per heavy atom. The Morgan fingerprint density at radius 2 is 2.09 bits per heavy atom. The number of rotatable bonds is 5. The maximum absolute atomic E-state index is 13.1. The minimum absolute atomic E-state index is 0.170. The van der Waals surface area contributed by atoms with E-state index >= 15 is 0 Å². The highest BCUT2D eigenvalue weighted by molar-refractivity contribution is 6.36. The molecule has 1 amide bonds. The van der Waals surface area contributed by atoms with Crippen LogP contribution >= 0.6 is 11.6 Å². The molecule has 0 saturated carbocycles. The van der Waals surface area contributed by atoms with Crippen LogP contribution in [0.2, 0.25) is 5.02 Å². The number of hydrogen-bond acceptors (Lipinski definition) is 5. The first-order valence-electron chi connectivity index (χ1n) is 10.1. The van der Waals surface area contributed by atoms with Crippen LogP contribution in [0.1, 0.15) is 27.7 Å². The molecule has 1 atom stereocenters. The number of carbonyl (C=O) groups excluding carboxylic acids is 1. The summed E-state index contributed by atoms with van der Waals surface area (Å²) in [6.45, 7) is 2.10. The summed E-state index contributed by atoms with van der Waals surface area (Å²) in [5, 5.41) is 16.2. The molecule has 0 spiro atoms. The lowest BCUT2D eigenvalue weighted by molar-refractivity contribution is 0.0939. The topological polar surface area (TPSA) is 114 Å². The summed E-state index contributed by atoms with van der Waals surface area (Å²) in [6.07, 6.45) is 4.85. The Balaban J connectivity index is 1.63. The van der Waals surface area contributed by atoms with Crippen molar-refractivity contribution in [1.82, 2.24) is 30.1 Å². The van der Waals surface area contributed by atoms with Gasteiger partial charge in [-0.1, -0.05) is 41.9 Å². The summed E-state index contributed by atoms with van der Waals surface area (Å²) in [7, 11) is 0. The van der Waals surface area contributed by atoms with Crippen molar-refractivity contribution in [2.45, 2.75) is 13.0 Å². The molecular weight excluding hydrogens is 426 g/mol. The summed E-state index contributed by atoms with van der Waals surface area (Å²) < 4.78 is 1.55. The second-order valence-electron chi connectivity index (χ2n) is 7.47. The fourth-order valence-corrected chi connectivity index (χ4v) is 4.34. The average molecular weight is 446 g/mol. The van der Waals surface area contributed by atoms with Crippen molar-refractivity contribution in [2.24, 2.45) is 5.73 Å². The Kier molecular flexibility index (Phi) is 5.08. The number of amides is 1. The molecule has 0 aliphatic heterocycles. The molecule has 0 aliphatic carbocycles. The second kappa shape index (κ2) is 8.07. The van der Waals surface area contributed by atoms with Crippen LogP contribution in [0.15, 0.2) is 61.1 Å². The largest absolute Gasteiger partial charge is 0.344 e. The maximum Gasteiger partial charge on any atom is 0.257 e. The zero-order chi connectivity index (χ0) is 22.2. The third-order valence-electron chi connectivity index (χ3n) is 5.50. The van der Waals surface area contributed by atoms with E-state index in [1.807, 2.05) is 43.3 Å². The molecule has 9 heteroatoms. The number of H-pyrrole nitrogens is 1. The highest BCUT2D eigenvalue weighted by atomic mass is 35.5. The molecule has 2 aromatic carbocycles. The zero-order valence-electron chi connectivity index (χ0n) is 17.2. The molecule has 8 nitrogen and oxygen atoms in total. The van der Waals surface area contributed by atoms with Gasteiger partial charge in [0, 0.05) is 35.6 Å². The minimum atomic E-state index is -0.504. The predicted octanol–water partition coefficient (Wildman–Crippen LogP) is 3.66. The molecule has 3 aromatic heterocycles. The first kappa shape index (κ1) is 20.2. The molecule has 160 valence electrons. The van der Waals surface area contributed by atoms with Gasteiger partial charge < -0.3 is 11.1 Å². The van der Waals surface area contributed by atoms with E-state index in [1.165, 1.54) is 6.20 Å². The number of aromatic nitrogens is 5. The number of benzene rings is 2. The third kappa shape index (κ3) is 3.30. The SMILES string of the molecule is Cc1[nH]nc2c(-c3ccccc3)c(C(CN)NC(=O)c3cnn4cccnc34)cc(Cl)c12. The number of nitrogens with two attached hydrogens (primary N) is 1. The fraction of sp³-hybridized carbons (Fsp3) is 0.130. The third-order valence-corrected chi connectivity index (χ3v) is 5.79. The van der Waals surface area contributed by atoms with E-state index < -0.39 is 6.04 Å². The zero-order valence-corrected chi connectivity index (χ0v) is 18.0. The van der Waals surface area contributed by atoms with Crippen LogP contribution in [-0.2, 0) is 0 Å². The molecule has 0 fully saturated rings. The van der Waals surface area contributed by atoms with E-state index in [0.29, 0.717) is 16.2 Å². The summed E-state index contributed by atoms with van der Waals surface area (Å²) in [5.74, 6) is -0.317. The minimum Gasteiger partial charge on any atom is -0.344 e. The standard InChI is InChI=1S/C23H20ClN7O/c1-13-19-17(24)10-15(20(21(19)30-29-13)14-6-3-2-4-7-14)18(11-25)28-23(32)16-12-27-31-9-5-8-26-22(16)31/h2-10,12,18H,11,25H2,1H3,(H,28,32)(H,29,30). The van der Waals surface area contributed by atoms with Crippen LogP contribution < -0.4 is 11.1 Å². The van der Waals surface area contributed by atoms with Crippen molar-refractivity contribution in [3.05, 3.63) is 82.9 Å². The number of hydrogen-bond donors (Lipinski definition) is 3. The van der Waals surface area contributed by atoms with Gasteiger partial charge in [-0.05, 0) is 30.2 Å². The number of carbonyl (C=O) groups is 1. The lowest BCUT2D eigenvalue weighted by Gasteiger charge is -2.21. The van der Waals surface area contributed by atoms with E-state index in [2.05, 4.69) is 25.6 Å². The quantitative estimate of drug-likeness (QED) is 0.382. The van der Waals surface area contributed by atoms with Gasteiger partial charge >= 0.3 is 0 Å². The van der Waals surface area contributed by atoms with Gasteiger partial charge in [0.25, 0.3) is 5.91 Å². The molecule has 0 radical (unpaired) electrons. The van der Waals surface area contributed by atoms with Gasteiger partial charge in [-0.3, -0.25) is 9.89 Å². The molecule has 0 saturated heterocycles. The van der Waals surface area contributed by atoms with Crippen molar-refractivity contribution < 1.29 is 4.79 Å². The van der Waals surface area contributed by atoms with Crippen LogP contribution in [0.3, 0.4) is 0 Å². The molecular formula is C23H20ClN7O. The van der Waals surface area contributed by atoms with Gasteiger partial charge in [0.1, 0.15) is 11.1 Å². The van der Waals surface area contributed by atoms with Crippen LogP contribution in [-0.4, -0.2) is 37.2 Å². The summed E-state index contributed by atoms with van der Waals surface area (Å²) in [6, 6.07) is 13.0. The van der Waals surface area contributed by atoms with Gasteiger partial charge in [-0.25, -0.2) is 9.50 Å². The van der Waals surface area contributed by atoms with Crippen molar-refractivity contribution >= 4 is 34.1 Å². The second-order valence-corrected chi connectivity index (χ2v) is 7.88. The Hall–Kier alpha value is -3.75. The number of halogens is 1. The maximum atomic E-state index is 13.1. The number of nitrogens with zero attached hydrogens (tertiary/aromatic N) is 4. The Morgan fingerprint density at radius 3 is 2.88 bits per heavy atom. The molecule has 5 aromatic rings. The molecule has 4 N–H and O–H groups in total. The number of aryl methyl sites for hydroxylation is 1. The Labute approximate surface area is 188 Å². The molecule has 0 bridgehead atoms. The fourth-order valence-electron chi connectivity index (χ4n) is 3.99. The molecule has 0 aliphatic rings. The van der Waals surface area contributed by atoms with E-state index in [-0.39, 0.29) is 12.5 Å². The number of nitrogens with one attached hydrogen (secondary N) is 2. The van der Waals surface area contributed by atoms with Gasteiger partial charge in [0.05, 0.1) is 17.3 Å². The van der Waals surface area contributed by atoms with Crippen molar-refractivity contribution in [2.75, 3.05) is 6.54 Å². The first-order valence-corrected chi connectivity index (χ1v) is 10.5. The van der Waals surface area contributed by atoms with Crippen LogP contribution in [0.4, 0.5) is 0 Å².